The lowest BCUT2D eigenvalue weighted by molar-refractivity contribution is 0.101. The Balaban J connectivity index is 3.39. The van der Waals surface area contributed by atoms with Crippen molar-refractivity contribution in [3.8, 4) is 5.75 Å². The molecule has 14 heavy (non-hydrogen) atoms. The van der Waals surface area contributed by atoms with Crippen LogP contribution in [-0.2, 0) is 0 Å². The topological polar surface area (TPSA) is 43.4 Å². The Morgan fingerprint density at radius 3 is 2.50 bits per heavy atom. The van der Waals surface area contributed by atoms with Crippen LogP contribution in [0.2, 0.25) is 0 Å². The Morgan fingerprint density at radius 1 is 1.43 bits per heavy atom. The van der Waals surface area contributed by atoms with E-state index in [1.807, 2.05) is 0 Å². The molecule has 0 unspecified atom stereocenters. The van der Waals surface area contributed by atoms with Crippen LogP contribution in [-0.4, -0.2) is 19.2 Å². The molecule has 3 nitrogen and oxygen atoms in total. The third-order valence-electron chi connectivity index (χ3n) is 2.09. The molecule has 1 aromatic carbocycles. The Labute approximate surface area is 82.7 Å². The van der Waals surface area contributed by atoms with Crippen LogP contribution in [0.15, 0.2) is 12.1 Å². The zero-order valence-corrected chi connectivity index (χ0v) is 8.46. The highest BCUT2D eigenvalue weighted by atomic mass is 16.5. The summed E-state index contributed by atoms with van der Waals surface area (Å²) in [6.45, 7) is 3.25. The van der Waals surface area contributed by atoms with Crippen molar-refractivity contribution >= 4 is 12.1 Å². The number of benzene rings is 1. The predicted octanol–water partition coefficient (Wildman–Crippen LogP) is 2.02. The summed E-state index contributed by atoms with van der Waals surface area (Å²) in [5, 5.41) is 0. The highest BCUT2D eigenvalue weighted by Gasteiger charge is 2.10. The number of rotatable bonds is 3. The van der Waals surface area contributed by atoms with E-state index in [4.69, 9.17) is 4.74 Å². The number of Topliss-reactive ketones (excluding diaryl/α,β-unsaturated/α-hetero) is 1. The molecule has 0 aliphatic rings. The minimum atomic E-state index is -0.107. The van der Waals surface area contributed by atoms with E-state index in [0.29, 0.717) is 16.9 Å². The number of aryl methyl sites for hydroxylation is 1. The third kappa shape index (κ3) is 1.82. The van der Waals surface area contributed by atoms with Gasteiger partial charge in [-0.05, 0) is 31.5 Å². The van der Waals surface area contributed by atoms with Gasteiger partial charge < -0.3 is 4.74 Å². The lowest BCUT2D eigenvalue weighted by atomic mass is 10.0. The van der Waals surface area contributed by atoms with Crippen molar-refractivity contribution in [3.63, 3.8) is 0 Å². The maximum Gasteiger partial charge on any atom is 0.163 e. The fourth-order valence-corrected chi connectivity index (χ4v) is 1.27. The summed E-state index contributed by atoms with van der Waals surface area (Å²) in [6.07, 6.45) is 0.737. The molecule has 0 N–H and O–H groups in total. The molecule has 0 aliphatic heterocycles. The third-order valence-corrected chi connectivity index (χ3v) is 2.09. The van der Waals surface area contributed by atoms with Crippen molar-refractivity contribution in [3.05, 3.63) is 28.8 Å². The van der Waals surface area contributed by atoms with Gasteiger partial charge in [-0.15, -0.1) is 0 Å². The van der Waals surface area contributed by atoms with Gasteiger partial charge in [-0.1, -0.05) is 0 Å². The second-order valence-electron chi connectivity index (χ2n) is 3.08. The second-order valence-corrected chi connectivity index (χ2v) is 3.08. The first-order chi connectivity index (χ1) is 6.60. The summed E-state index contributed by atoms with van der Waals surface area (Å²) in [5.74, 6) is 0.408. The van der Waals surface area contributed by atoms with Crippen LogP contribution in [0.25, 0.3) is 0 Å². The average molecular weight is 192 g/mol. The Kier molecular flexibility index (Phi) is 3.02. The van der Waals surface area contributed by atoms with Crippen LogP contribution in [0.4, 0.5) is 0 Å². The maximum atomic E-state index is 11.2. The first kappa shape index (κ1) is 10.4. The van der Waals surface area contributed by atoms with E-state index in [0.717, 1.165) is 11.8 Å². The van der Waals surface area contributed by atoms with Gasteiger partial charge in [0, 0.05) is 5.56 Å². The Bertz CT molecular complexity index is 380. The molecule has 74 valence electrons. The molecule has 0 amide bonds. The molecular formula is C11H12O3. The van der Waals surface area contributed by atoms with Gasteiger partial charge in [0.05, 0.1) is 12.7 Å². The van der Waals surface area contributed by atoms with Crippen LogP contribution in [0.5, 0.6) is 5.75 Å². The molecule has 0 radical (unpaired) electrons. The Hall–Kier alpha value is -1.64. The van der Waals surface area contributed by atoms with E-state index in [2.05, 4.69) is 0 Å². The molecule has 3 heteroatoms. The van der Waals surface area contributed by atoms with Crippen LogP contribution in [0, 0.1) is 6.92 Å². The molecule has 0 heterocycles. The minimum Gasteiger partial charge on any atom is -0.496 e. The normalized spacial score (nSPS) is 9.64. The van der Waals surface area contributed by atoms with Crippen LogP contribution in [0.1, 0.15) is 33.2 Å². The number of methoxy groups -OCH3 is 1. The van der Waals surface area contributed by atoms with Gasteiger partial charge in [-0.3, -0.25) is 9.59 Å². The highest BCUT2D eigenvalue weighted by molar-refractivity contribution is 5.98. The average Bonchev–Trinajstić information content (AvgIpc) is 2.16. The summed E-state index contributed by atoms with van der Waals surface area (Å²) in [5.41, 5.74) is 1.78. The molecule has 0 saturated carbocycles. The molecule has 0 aliphatic carbocycles. The summed E-state index contributed by atoms with van der Waals surface area (Å²) in [6, 6.07) is 3.25. The van der Waals surface area contributed by atoms with Crippen LogP contribution >= 0.6 is 0 Å². The summed E-state index contributed by atoms with van der Waals surface area (Å²) < 4.78 is 5.05. The number of carbonyl (C=O) groups is 2. The zero-order chi connectivity index (χ0) is 10.7. The molecule has 0 fully saturated rings. The van der Waals surface area contributed by atoms with Crippen molar-refractivity contribution in [2.45, 2.75) is 13.8 Å². The second kappa shape index (κ2) is 4.05. The maximum absolute atomic E-state index is 11.2. The largest absolute Gasteiger partial charge is 0.496 e. The summed E-state index contributed by atoms with van der Waals surface area (Å²) in [4.78, 5) is 21.9. The van der Waals surface area contributed by atoms with Gasteiger partial charge in [0.1, 0.15) is 12.0 Å². The number of ether oxygens (including phenoxy) is 1. The summed E-state index contributed by atoms with van der Waals surface area (Å²) >= 11 is 0. The fraction of sp³-hybridized carbons (Fsp3) is 0.273. The predicted molar refractivity (Wildman–Crippen MR) is 53.1 cm³/mol. The van der Waals surface area contributed by atoms with Crippen LogP contribution < -0.4 is 4.74 Å². The van der Waals surface area contributed by atoms with Gasteiger partial charge in [-0.2, -0.15) is 0 Å². The van der Waals surface area contributed by atoms with Crippen molar-refractivity contribution in [2.75, 3.05) is 7.11 Å². The van der Waals surface area contributed by atoms with Gasteiger partial charge in [0.25, 0.3) is 0 Å². The number of hydrogen-bond donors (Lipinski definition) is 0. The zero-order valence-electron chi connectivity index (χ0n) is 8.46. The minimum absolute atomic E-state index is 0.107. The van der Waals surface area contributed by atoms with E-state index in [1.54, 1.807) is 19.1 Å². The molecule has 1 aromatic rings. The SMILES string of the molecule is COc1cc(C)c(C=O)cc1C(C)=O. The molecule has 1 rings (SSSR count). The van der Waals surface area contributed by atoms with E-state index < -0.39 is 0 Å². The lowest BCUT2D eigenvalue weighted by Crippen LogP contribution is -2.00. The van der Waals surface area contributed by atoms with Crippen LogP contribution in [0.3, 0.4) is 0 Å². The van der Waals surface area contributed by atoms with E-state index in [1.165, 1.54) is 14.0 Å². The molecule has 0 bridgehead atoms. The molecule has 0 saturated heterocycles. The van der Waals surface area contributed by atoms with Crippen molar-refractivity contribution < 1.29 is 14.3 Å². The quantitative estimate of drug-likeness (QED) is 0.543. The van der Waals surface area contributed by atoms with Gasteiger partial charge in [-0.25, -0.2) is 0 Å². The smallest absolute Gasteiger partial charge is 0.163 e. The number of ketones is 1. The van der Waals surface area contributed by atoms with Gasteiger partial charge in [0.15, 0.2) is 5.78 Å². The highest BCUT2D eigenvalue weighted by Crippen LogP contribution is 2.22. The number of carbonyl (C=O) groups excluding carboxylic acids is 2. The van der Waals surface area contributed by atoms with Crippen molar-refractivity contribution in [2.24, 2.45) is 0 Å². The van der Waals surface area contributed by atoms with E-state index >= 15 is 0 Å². The molecule has 0 aromatic heterocycles. The van der Waals surface area contributed by atoms with E-state index in [-0.39, 0.29) is 5.78 Å². The first-order valence-electron chi connectivity index (χ1n) is 4.25. The lowest BCUT2D eigenvalue weighted by Gasteiger charge is -2.08. The standard InChI is InChI=1S/C11H12O3/c1-7-4-11(14-3)10(8(2)13)5-9(7)6-12/h4-6H,1-3H3. The summed E-state index contributed by atoms with van der Waals surface area (Å²) in [7, 11) is 1.50. The van der Waals surface area contributed by atoms with Gasteiger partial charge in [0.2, 0.25) is 0 Å². The number of aldehydes is 1. The van der Waals surface area contributed by atoms with Crippen molar-refractivity contribution in [1.29, 1.82) is 0 Å². The van der Waals surface area contributed by atoms with Gasteiger partial charge >= 0.3 is 0 Å². The molecule has 0 atom stereocenters. The molecule has 0 spiro atoms. The number of hydrogen-bond acceptors (Lipinski definition) is 3. The first-order valence-corrected chi connectivity index (χ1v) is 4.25. The molecular weight excluding hydrogens is 180 g/mol. The Morgan fingerprint density at radius 2 is 2.07 bits per heavy atom. The fourth-order valence-electron chi connectivity index (χ4n) is 1.27. The van der Waals surface area contributed by atoms with Crippen molar-refractivity contribution in [1.82, 2.24) is 0 Å². The monoisotopic (exact) mass is 192 g/mol. The van der Waals surface area contributed by atoms with E-state index in [9.17, 15) is 9.59 Å².